The Bertz CT molecular complexity index is 833. The van der Waals surface area contributed by atoms with E-state index in [9.17, 15) is 9.59 Å². The third kappa shape index (κ3) is 7.97. The molecule has 0 N–H and O–H groups in total. The van der Waals surface area contributed by atoms with Crippen molar-refractivity contribution in [2.75, 3.05) is 5.75 Å². The maximum Gasteiger partial charge on any atom is 0.318 e. The van der Waals surface area contributed by atoms with Crippen molar-refractivity contribution in [2.45, 2.75) is 32.4 Å². The van der Waals surface area contributed by atoms with Crippen LogP contribution in [0.5, 0.6) is 0 Å². The molecular formula is C24H26O3S. The van der Waals surface area contributed by atoms with Crippen molar-refractivity contribution in [3.63, 3.8) is 0 Å². The summed E-state index contributed by atoms with van der Waals surface area (Å²) in [6, 6.07) is 16.4. The fourth-order valence-corrected chi connectivity index (χ4v) is 3.42. The van der Waals surface area contributed by atoms with Crippen molar-refractivity contribution in [1.82, 2.24) is 0 Å². The molecule has 2 aromatic carbocycles. The quantitative estimate of drug-likeness (QED) is 0.230. The highest BCUT2D eigenvalue weighted by molar-refractivity contribution is 7.98. The summed E-state index contributed by atoms with van der Waals surface area (Å²) >= 11 is 1.67. The first-order chi connectivity index (χ1) is 13.5. The average molecular weight is 395 g/mol. The number of hydrogen-bond acceptors (Lipinski definition) is 4. The largest absolute Gasteiger partial charge is 0.430 e. The Hall–Kier alpha value is -2.59. The number of Topliss-reactive ketones (excluding diaryl/α,β-unsaturated/α-hetero) is 1. The van der Waals surface area contributed by atoms with Gasteiger partial charge >= 0.3 is 5.97 Å². The zero-order chi connectivity index (χ0) is 20.4. The van der Waals surface area contributed by atoms with E-state index in [0.29, 0.717) is 11.5 Å². The van der Waals surface area contributed by atoms with Crippen LogP contribution in [0.1, 0.15) is 35.6 Å². The van der Waals surface area contributed by atoms with Gasteiger partial charge in [0.2, 0.25) is 0 Å². The summed E-state index contributed by atoms with van der Waals surface area (Å²) < 4.78 is 5.46. The number of allylic oxidation sites excluding steroid dienone is 1. The van der Waals surface area contributed by atoms with E-state index in [-0.39, 0.29) is 12.2 Å². The summed E-state index contributed by atoms with van der Waals surface area (Å²) in [6.45, 7) is 7.19. The van der Waals surface area contributed by atoms with Gasteiger partial charge < -0.3 is 4.74 Å². The summed E-state index contributed by atoms with van der Waals surface area (Å²) in [5.41, 5.74) is 4.58. The van der Waals surface area contributed by atoms with Crippen molar-refractivity contribution < 1.29 is 14.3 Å². The summed E-state index contributed by atoms with van der Waals surface area (Å²) in [6.07, 6.45) is 4.33. The summed E-state index contributed by atoms with van der Waals surface area (Å²) in [4.78, 5) is 23.1. The molecule has 0 bridgehead atoms. The predicted molar refractivity (Wildman–Crippen MR) is 117 cm³/mol. The van der Waals surface area contributed by atoms with Crippen LogP contribution < -0.4 is 0 Å². The van der Waals surface area contributed by atoms with E-state index in [1.54, 1.807) is 11.8 Å². The number of esters is 1. The lowest BCUT2D eigenvalue weighted by atomic mass is 10.1. The van der Waals surface area contributed by atoms with E-state index >= 15 is 0 Å². The molecule has 2 aromatic rings. The Morgan fingerprint density at radius 3 is 2.29 bits per heavy atom. The summed E-state index contributed by atoms with van der Waals surface area (Å²) in [5, 5.41) is 0. The number of aryl methyl sites for hydroxylation is 1. The Morgan fingerprint density at radius 1 is 1.04 bits per heavy atom. The summed E-state index contributed by atoms with van der Waals surface area (Å²) in [7, 11) is 0. The molecule has 28 heavy (non-hydrogen) atoms. The number of rotatable bonds is 10. The minimum atomic E-state index is -0.516. The molecule has 0 spiro atoms. The molecule has 0 atom stereocenters. The second kappa shape index (κ2) is 11.3. The number of hydrogen-bond donors (Lipinski definition) is 0. The molecule has 0 fully saturated rings. The van der Waals surface area contributed by atoms with Gasteiger partial charge in [-0.2, -0.15) is 0 Å². The lowest BCUT2D eigenvalue weighted by Crippen LogP contribution is -2.10. The van der Waals surface area contributed by atoms with Gasteiger partial charge in [0.15, 0.2) is 0 Å². The molecule has 0 aliphatic carbocycles. The first-order valence-corrected chi connectivity index (χ1v) is 10.4. The van der Waals surface area contributed by atoms with Crippen LogP contribution in [0, 0.1) is 6.92 Å². The van der Waals surface area contributed by atoms with Crippen LogP contribution >= 0.6 is 11.8 Å². The van der Waals surface area contributed by atoms with E-state index in [1.807, 2.05) is 36.4 Å². The Labute approximate surface area is 171 Å². The van der Waals surface area contributed by atoms with Crippen LogP contribution in [0.15, 0.2) is 66.9 Å². The van der Waals surface area contributed by atoms with Crippen LogP contribution in [-0.4, -0.2) is 17.5 Å². The van der Waals surface area contributed by atoms with E-state index in [2.05, 4.69) is 37.8 Å². The second-order valence-corrected chi connectivity index (χ2v) is 7.66. The lowest BCUT2D eigenvalue weighted by molar-refractivity contribution is -0.141. The number of ketones is 1. The molecule has 3 nitrogen and oxygen atoms in total. The van der Waals surface area contributed by atoms with E-state index < -0.39 is 5.97 Å². The normalized spacial score (nSPS) is 11.1. The molecular weight excluding hydrogens is 368 g/mol. The predicted octanol–water partition coefficient (Wildman–Crippen LogP) is 5.52. The smallest absolute Gasteiger partial charge is 0.318 e. The van der Waals surface area contributed by atoms with Crippen molar-refractivity contribution in [1.29, 1.82) is 0 Å². The number of carbonyl (C=O) groups excluding carboxylic acids is 2. The molecule has 0 aliphatic heterocycles. The monoisotopic (exact) mass is 394 g/mol. The van der Waals surface area contributed by atoms with Crippen molar-refractivity contribution in [2.24, 2.45) is 0 Å². The van der Waals surface area contributed by atoms with Crippen LogP contribution in [-0.2, 0) is 26.5 Å². The fourth-order valence-electron chi connectivity index (χ4n) is 2.54. The Kier molecular flexibility index (Phi) is 8.76. The first kappa shape index (κ1) is 21.7. The molecule has 0 heterocycles. The third-order valence-corrected chi connectivity index (χ3v) is 4.99. The van der Waals surface area contributed by atoms with Crippen LogP contribution in [0.25, 0.3) is 6.08 Å². The standard InChI is InChI=1S/C24H26O3S/c1-4-5-20-10-12-21(13-11-20)15-23(27-24(26)14-19(3)25)17-28-16-22-8-6-18(2)7-9-22/h4,6-13,15H,1,5,14,16-17H2,2-3H3/b23-15+. The molecule has 0 amide bonds. The van der Waals surface area contributed by atoms with Crippen LogP contribution in [0.4, 0.5) is 0 Å². The van der Waals surface area contributed by atoms with Crippen molar-refractivity contribution in [3.8, 4) is 0 Å². The number of carbonyl (C=O) groups is 2. The number of thioether (sulfide) groups is 1. The summed E-state index contributed by atoms with van der Waals surface area (Å²) in [5.74, 6) is 1.20. The van der Waals surface area contributed by atoms with Gasteiger partial charge in [0, 0.05) is 5.75 Å². The zero-order valence-electron chi connectivity index (χ0n) is 16.4. The minimum absolute atomic E-state index is 0.203. The molecule has 2 rings (SSSR count). The van der Waals surface area contributed by atoms with Crippen LogP contribution in [0.3, 0.4) is 0 Å². The maximum atomic E-state index is 12.0. The second-order valence-electron chi connectivity index (χ2n) is 6.68. The van der Waals surface area contributed by atoms with E-state index in [0.717, 1.165) is 17.7 Å². The van der Waals surface area contributed by atoms with Crippen molar-refractivity contribution in [3.05, 3.63) is 89.2 Å². The van der Waals surface area contributed by atoms with Gasteiger partial charge in [-0.1, -0.05) is 60.2 Å². The van der Waals surface area contributed by atoms with E-state index in [1.165, 1.54) is 23.6 Å². The molecule has 0 aliphatic rings. The molecule has 4 heteroatoms. The molecule has 146 valence electrons. The van der Waals surface area contributed by atoms with Gasteiger partial charge in [0.05, 0.1) is 5.75 Å². The highest BCUT2D eigenvalue weighted by atomic mass is 32.2. The van der Waals surface area contributed by atoms with Gasteiger partial charge in [-0.15, -0.1) is 18.3 Å². The molecule has 0 aromatic heterocycles. The first-order valence-electron chi connectivity index (χ1n) is 9.20. The van der Waals surface area contributed by atoms with Gasteiger partial charge in [0.25, 0.3) is 0 Å². The van der Waals surface area contributed by atoms with Gasteiger partial charge in [0.1, 0.15) is 18.0 Å². The van der Waals surface area contributed by atoms with Crippen LogP contribution in [0.2, 0.25) is 0 Å². The molecule has 0 unspecified atom stereocenters. The molecule has 0 saturated carbocycles. The molecule has 0 saturated heterocycles. The highest BCUT2D eigenvalue weighted by Gasteiger charge is 2.11. The third-order valence-electron chi connectivity index (χ3n) is 3.96. The van der Waals surface area contributed by atoms with Gasteiger partial charge in [-0.25, -0.2) is 0 Å². The highest BCUT2D eigenvalue weighted by Crippen LogP contribution is 2.19. The zero-order valence-corrected chi connectivity index (χ0v) is 17.3. The lowest BCUT2D eigenvalue weighted by Gasteiger charge is -2.09. The fraction of sp³-hybridized carbons (Fsp3) is 0.250. The minimum Gasteiger partial charge on any atom is -0.430 e. The number of ether oxygens (including phenoxy) is 1. The SMILES string of the molecule is C=CCc1ccc(/C=C(\CSCc2ccc(C)cc2)OC(=O)CC(C)=O)cc1. The van der Waals surface area contributed by atoms with Gasteiger partial charge in [-0.3, -0.25) is 9.59 Å². The van der Waals surface area contributed by atoms with E-state index in [4.69, 9.17) is 4.74 Å². The Balaban J connectivity index is 2.06. The number of benzene rings is 2. The van der Waals surface area contributed by atoms with Crippen molar-refractivity contribution >= 4 is 29.6 Å². The van der Waals surface area contributed by atoms with Gasteiger partial charge in [-0.05, 0) is 43.0 Å². The molecule has 0 radical (unpaired) electrons. The Morgan fingerprint density at radius 2 is 1.68 bits per heavy atom. The average Bonchev–Trinajstić information content (AvgIpc) is 2.64. The maximum absolute atomic E-state index is 12.0. The topological polar surface area (TPSA) is 43.4 Å².